The van der Waals surface area contributed by atoms with Gasteiger partial charge in [0.15, 0.2) is 5.76 Å². The van der Waals surface area contributed by atoms with Crippen LogP contribution in [0.25, 0.3) is 77.9 Å². The molecule has 2 heterocycles. The Morgan fingerprint density at radius 2 is 1.26 bits per heavy atom. The van der Waals surface area contributed by atoms with Crippen molar-refractivity contribution in [3.63, 3.8) is 0 Å². The first kappa shape index (κ1) is 14.8. The van der Waals surface area contributed by atoms with Gasteiger partial charge in [0.25, 0.3) is 0 Å². The van der Waals surface area contributed by atoms with Gasteiger partial charge in [-0.2, -0.15) is 0 Å². The van der Waals surface area contributed by atoms with Gasteiger partial charge >= 0.3 is 0 Å². The minimum absolute atomic E-state index is 0.162. The molecule has 0 bridgehead atoms. The Balaban J connectivity index is 1.25. The topological polar surface area (TPSA) is 42.4 Å². The lowest BCUT2D eigenvalue weighted by atomic mass is 9.94. The maximum Gasteiger partial charge on any atom is 0.227 e. The highest BCUT2D eigenvalue weighted by molar-refractivity contribution is 6.17. The van der Waals surface area contributed by atoms with Crippen LogP contribution < -0.4 is 4.90 Å². The summed E-state index contributed by atoms with van der Waals surface area (Å²) >= 11 is 0. The summed E-state index contributed by atoms with van der Waals surface area (Å²) in [5.74, 6) is 0.930. The normalized spacial score (nSPS) is 16.6. The third kappa shape index (κ3) is 3.98. The van der Waals surface area contributed by atoms with Crippen molar-refractivity contribution in [1.29, 1.82) is 0 Å². The molecule has 0 spiro atoms. The second-order valence-electron chi connectivity index (χ2n) is 10.7. The van der Waals surface area contributed by atoms with Crippen LogP contribution in [-0.4, -0.2) is 4.98 Å². The Bertz CT molecular complexity index is 3460. The van der Waals surface area contributed by atoms with Gasteiger partial charge in [-0.3, -0.25) is 0 Å². The van der Waals surface area contributed by atoms with E-state index in [1.54, 1.807) is 24.3 Å². The zero-order valence-electron chi connectivity index (χ0n) is 40.0. The molecule has 7 aromatic carbocycles. The number of fused-ring (bicyclic) bond motifs is 6. The third-order valence-electron chi connectivity index (χ3n) is 8.10. The molecule has 0 radical (unpaired) electrons. The SMILES string of the molecule is [2H]c1c([2H])c([2H])c(N(c2c([2H])c([2H])c(-c3ccc4c5c(cccc35)-c3oc(-c5ccccc5)nc3-4)c([2H])c2[2H])c2c([2H])c([2H])c3oc4c([2H])c([2H])c([2H])c([2H])c4c3c2[2H])c([2H])c1[2H]. The molecule has 0 saturated heterocycles. The highest BCUT2D eigenvalue weighted by Gasteiger charge is 2.29. The van der Waals surface area contributed by atoms with Crippen molar-refractivity contribution in [2.45, 2.75) is 0 Å². The fourth-order valence-electron chi connectivity index (χ4n) is 6.05. The highest BCUT2D eigenvalue weighted by Crippen LogP contribution is 2.50. The molecule has 47 heavy (non-hydrogen) atoms. The van der Waals surface area contributed by atoms with Gasteiger partial charge in [-0.05, 0) is 77.0 Å². The summed E-state index contributed by atoms with van der Waals surface area (Å²) in [7, 11) is 0. The van der Waals surface area contributed by atoms with Crippen molar-refractivity contribution in [1.82, 2.24) is 4.98 Å². The molecule has 1 aliphatic carbocycles. The van der Waals surface area contributed by atoms with Crippen molar-refractivity contribution < 1.29 is 30.8 Å². The average molecular weight is 619 g/mol. The van der Waals surface area contributed by atoms with Crippen LogP contribution in [0.3, 0.4) is 0 Å². The molecule has 0 fully saturated rings. The average Bonchev–Trinajstić information content (AvgIpc) is 3.99. The zero-order chi connectivity index (χ0) is 44.8. The van der Waals surface area contributed by atoms with Crippen LogP contribution >= 0.6 is 0 Å². The lowest BCUT2D eigenvalue weighted by molar-refractivity contribution is 0.590. The lowest BCUT2D eigenvalue weighted by Gasteiger charge is -2.25. The monoisotopic (exact) mass is 618 g/mol. The fourth-order valence-corrected chi connectivity index (χ4v) is 6.05. The van der Waals surface area contributed by atoms with Gasteiger partial charge in [0.2, 0.25) is 5.89 Å². The number of aromatic nitrogens is 1. The molecular formula is C43H26N2O2. The number of benzene rings is 7. The Labute approximate surface area is 293 Å². The van der Waals surface area contributed by atoms with Crippen LogP contribution in [-0.2, 0) is 0 Å². The van der Waals surface area contributed by atoms with Crippen molar-refractivity contribution in [2.75, 3.05) is 4.90 Å². The molecule has 1 aliphatic rings. The first-order chi connectivity index (χ1) is 30.0. The van der Waals surface area contributed by atoms with Crippen molar-refractivity contribution in [3.05, 3.63) is 157 Å². The van der Waals surface area contributed by atoms with E-state index >= 15 is 0 Å². The zero-order valence-corrected chi connectivity index (χ0v) is 24.0. The first-order valence-electron chi connectivity index (χ1n) is 22.5. The molecular weight excluding hydrogens is 576 g/mol. The first-order valence-corrected chi connectivity index (χ1v) is 14.5. The Morgan fingerprint density at radius 1 is 0.511 bits per heavy atom. The number of oxazole rings is 1. The Hall–Kier alpha value is -6.39. The third-order valence-corrected chi connectivity index (χ3v) is 8.10. The molecule has 10 rings (SSSR count). The van der Waals surface area contributed by atoms with Gasteiger partial charge in [-0.1, -0.05) is 96.9 Å². The lowest BCUT2D eigenvalue weighted by Crippen LogP contribution is -2.09. The van der Waals surface area contributed by atoms with Gasteiger partial charge in [0.05, 0.1) is 21.9 Å². The van der Waals surface area contributed by atoms with E-state index in [0.29, 0.717) is 44.1 Å². The van der Waals surface area contributed by atoms with Crippen LogP contribution in [0.2, 0.25) is 0 Å². The molecule has 0 saturated carbocycles. The van der Waals surface area contributed by atoms with Crippen molar-refractivity contribution in [3.8, 4) is 45.2 Å². The number of para-hydroxylation sites is 2. The predicted octanol–water partition coefficient (Wildman–Crippen LogP) is 12.2. The van der Waals surface area contributed by atoms with Gasteiger partial charge in [0.1, 0.15) is 16.9 Å². The van der Waals surface area contributed by atoms with Gasteiger partial charge in [0, 0.05) is 49.9 Å². The number of hydrogen-bond donors (Lipinski definition) is 0. The van der Waals surface area contributed by atoms with E-state index in [-0.39, 0.29) is 16.5 Å². The predicted molar refractivity (Wildman–Crippen MR) is 191 cm³/mol. The molecule has 0 unspecified atom stereocenters. The molecule has 4 nitrogen and oxygen atoms in total. The number of anilines is 3. The summed E-state index contributed by atoms with van der Waals surface area (Å²) < 4.78 is 155. The maximum atomic E-state index is 9.51. The molecule has 0 amide bonds. The molecule has 220 valence electrons. The number of rotatable bonds is 5. The number of hydrogen-bond acceptors (Lipinski definition) is 4. The number of nitrogens with zero attached hydrogens (tertiary/aromatic N) is 2. The summed E-state index contributed by atoms with van der Waals surface area (Å²) in [6.07, 6.45) is 0. The van der Waals surface area contributed by atoms with Gasteiger partial charge < -0.3 is 13.7 Å². The van der Waals surface area contributed by atoms with E-state index < -0.39 is 130 Å². The van der Waals surface area contributed by atoms with Crippen molar-refractivity contribution >= 4 is 49.8 Å². The summed E-state index contributed by atoms with van der Waals surface area (Å²) in [6, 6.07) is 5.84. The molecule has 0 N–H and O–H groups in total. The summed E-state index contributed by atoms with van der Waals surface area (Å²) in [4.78, 5) is 5.46. The summed E-state index contributed by atoms with van der Waals surface area (Å²) in [5.41, 5.74) is -0.258. The van der Waals surface area contributed by atoms with E-state index in [2.05, 4.69) is 0 Å². The fraction of sp³-hybridized carbons (Fsp3) is 0. The van der Waals surface area contributed by atoms with Crippen LogP contribution in [0.1, 0.15) is 21.9 Å². The highest BCUT2D eigenvalue weighted by atomic mass is 16.4. The molecule has 9 aromatic rings. The van der Waals surface area contributed by atoms with E-state index in [0.717, 1.165) is 5.56 Å². The molecule has 0 aliphatic heterocycles. The van der Waals surface area contributed by atoms with Gasteiger partial charge in [-0.15, -0.1) is 0 Å². The van der Waals surface area contributed by atoms with E-state index in [1.165, 1.54) is 0 Å². The Morgan fingerprint density at radius 3 is 2.13 bits per heavy atom. The van der Waals surface area contributed by atoms with Gasteiger partial charge in [-0.25, -0.2) is 4.98 Å². The second kappa shape index (κ2) is 10.1. The van der Waals surface area contributed by atoms with Crippen LogP contribution in [0.5, 0.6) is 0 Å². The summed E-state index contributed by atoms with van der Waals surface area (Å²) in [5, 5.41) is 0.497. The molecule has 2 aromatic heterocycles. The largest absolute Gasteiger partial charge is 0.456 e. The number of furan rings is 1. The van der Waals surface area contributed by atoms with E-state index in [1.807, 2.05) is 36.4 Å². The second-order valence-corrected chi connectivity index (χ2v) is 10.7. The van der Waals surface area contributed by atoms with Crippen LogP contribution in [0, 0.1) is 0 Å². The molecule has 0 atom stereocenters. The maximum absolute atomic E-state index is 9.51. The van der Waals surface area contributed by atoms with E-state index in [9.17, 15) is 8.22 Å². The van der Waals surface area contributed by atoms with Crippen LogP contribution in [0.4, 0.5) is 17.1 Å². The van der Waals surface area contributed by atoms with Crippen LogP contribution in [0.15, 0.2) is 166 Å². The van der Waals surface area contributed by atoms with E-state index in [4.69, 9.17) is 27.5 Å². The van der Waals surface area contributed by atoms with Crippen molar-refractivity contribution in [2.24, 2.45) is 0 Å². The quantitative estimate of drug-likeness (QED) is 0.192. The molecule has 4 heteroatoms. The smallest absolute Gasteiger partial charge is 0.227 e. The standard InChI is InChI=1S/C43H26N2O2/c1-3-10-28(11-4-1)43-44-41-35-24-23-32(34-15-9-16-36(40(34)35)42(41)47-43)27-18-20-30(21-19-27)45(29-12-5-2-6-13-29)31-22-25-39-37(26-31)33-14-7-8-17-38(33)46-39/h1-26H/i2D,5D,6D,7D,8D,12D,13D,14D,17D,18D,19D,20D,21D,22D,25D,26D. The summed E-state index contributed by atoms with van der Waals surface area (Å²) in [6.45, 7) is 0. The minimum atomic E-state index is -0.903. The minimum Gasteiger partial charge on any atom is -0.456 e. The Kier molecular flexibility index (Phi) is 3.17.